The molecular formula is C38H54O4. The highest BCUT2D eigenvalue weighted by Crippen LogP contribution is 2.71. The Hall–Kier alpha value is -1.26. The number of rotatable bonds is 1. The molecule has 6 fully saturated rings. The van der Waals surface area contributed by atoms with E-state index in [1.54, 1.807) is 0 Å². The van der Waals surface area contributed by atoms with Crippen molar-refractivity contribution in [1.82, 2.24) is 0 Å². The second-order valence-electron chi connectivity index (χ2n) is 17.5. The smallest absolute Gasteiger partial charge is 0.156 e. The minimum Gasteiger partial charge on any atom is -0.393 e. The first-order valence-electron chi connectivity index (χ1n) is 17.8. The Morgan fingerprint density at radius 1 is 0.690 bits per heavy atom. The molecule has 0 aromatic rings. The SMILES string of the molecule is C[C@]12C(C3=CC(O)CC4CC[C@@H]5[C@@H](CC[C@]6(C)C(O)CC[C@@H]56)[C@@]34C)=CC(=O)CC1CC[C@@H]1[C@H]2CC[C@]2(C)C(=O)CC[C@@H]12. The number of hydrogen-bond acceptors (Lipinski definition) is 4. The van der Waals surface area contributed by atoms with Crippen molar-refractivity contribution in [2.24, 2.45) is 69.0 Å². The highest BCUT2D eigenvalue weighted by molar-refractivity contribution is 5.93. The minimum atomic E-state index is -0.446. The van der Waals surface area contributed by atoms with Crippen molar-refractivity contribution < 1.29 is 19.8 Å². The number of aliphatic hydroxyl groups excluding tert-OH is 2. The Labute approximate surface area is 253 Å². The molecule has 0 aromatic carbocycles. The van der Waals surface area contributed by atoms with Gasteiger partial charge in [-0.2, -0.15) is 0 Å². The molecule has 2 N–H and O–H groups in total. The summed E-state index contributed by atoms with van der Waals surface area (Å²) in [6.45, 7) is 9.68. The summed E-state index contributed by atoms with van der Waals surface area (Å²) in [6, 6.07) is 0. The number of hydrogen-bond donors (Lipinski definition) is 2. The van der Waals surface area contributed by atoms with Crippen molar-refractivity contribution in [2.45, 2.75) is 130 Å². The largest absolute Gasteiger partial charge is 0.393 e. The summed E-state index contributed by atoms with van der Waals surface area (Å²) >= 11 is 0. The zero-order valence-electron chi connectivity index (χ0n) is 26.5. The number of ketones is 2. The van der Waals surface area contributed by atoms with Gasteiger partial charge in [0.15, 0.2) is 5.78 Å². The fraction of sp³-hybridized carbons (Fsp3) is 0.842. The maximum Gasteiger partial charge on any atom is 0.156 e. The molecule has 8 aliphatic carbocycles. The van der Waals surface area contributed by atoms with Gasteiger partial charge in [-0.1, -0.05) is 33.8 Å². The van der Waals surface area contributed by atoms with Crippen LogP contribution in [0.5, 0.6) is 0 Å². The van der Waals surface area contributed by atoms with Gasteiger partial charge in [-0.25, -0.2) is 0 Å². The summed E-state index contributed by atoms with van der Waals surface area (Å²) in [5.41, 5.74) is 2.39. The number of aliphatic hydroxyl groups is 2. The molecular weight excluding hydrogens is 520 g/mol. The first kappa shape index (κ1) is 28.2. The van der Waals surface area contributed by atoms with E-state index in [0.717, 1.165) is 77.0 Å². The Balaban J connectivity index is 1.22. The molecule has 0 saturated heterocycles. The molecule has 230 valence electrons. The molecule has 0 spiro atoms. The van der Waals surface area contributed by atoms with Gasteiger partial charge < -0.3 is 10.2 Å². The molecule has 0 bridgehead atoms. The van der Waals surface area contributed by atoms with E-state index >= 15 is 0 Å². The molecule has 8 rings (SSSR count). The zero-order chi connectivity index (χ0) is 29.4. The van der Waals surface area contributed by atoms with Crippen molar-refractivity contribution in [3.05, 3.63) is 23.3 Å². The Morgan fingerprint density at radius 3 is 2.12 bits per heavy atom. The lowest BCUT2D eigenvalue weighted by Gasteiger charge is -2.64. The molecule has 4 unspecified atom stereocenters. The maximum atomic E-state index is 13.6. The van der Waals surface area contributed by atoms with Crippen LogP contribution in [0.3, 0.4) is 0 Å². The first-order valence-corrected chi connectivity index (χ1v) is 17.8. The lowest BCUT2D eigenvalue weighted by molar-refractivity contribution is -0.136. The third-order valence-corrected chi connectivity index (χ3v) is 16.6. The van der Waals surface area contributed by atoms with E-state index in [4.69, 9.17) is 0 Å². The van der Waals surface area contributed by atoms with Gasteiger partial charge in [0, 0.05) is 18.3 Å². The van der Waals surface area contributed by atoms with Gasteiger partial charge in [-0.15, -0.1) is 0 Å². The number of allylic oxidation sites excluding steroid dienone is 3. The summed E-state index contributed by atoms with van der Waals surface area (Å²) in [7, 11) is 0. The molecule has 0 radical (unpaired) electrons. The molecule has 0 aromatic heterocycles. The van der Waals surface area contributed by atoms with Crippen LogP contribution in [0.15, 0.2) is 23.3 Å². The topological polar surface area (TPSA) is 74.6 Å². The maximum absolute atomic E-state index is 13.6. The van der Waals surface area contributed by atoms with E-state index in [1.165, 1.54) is 17.6 Å². The average molecular weight is 575 g/mol. The van der Waals surface area contributed by atoms with E-state index in [-0.39, 0.29) is 33.5 Å². The second-order valence-corrected chi connectivity index (χ2v) is 17.5. The fourth-order valence-electron chi connectivity index (χ4n) is 14.2. The number of carbonyl (C=O) groups excluding carboxylic acids is 2. The number of fused-ring (bicyclic) bond motifs is 10. The molecule has 4 heteroatoms. The van der Waals surface area contributed by atoms with Gasteiger partial charge in [0.2, 0.25) is 0 Å². The molecule has 14 atom stereocenters. The van der Waals surface area contributed by atoms with E-state index in [1.807, 2.05) is 0 Å². The first-order chi connectivity index (χ1) is 19.9. The van der Waals surface area contributed by atoms with E-state index in [0.29, 0.717) is 59.5 Å². The highest BCUT2D eigenvalue weighted by Gasteiger charge is 2.65. The average Bonchev–Trinajstić information content (AvgIpc) is 3.43. The molecule has 0 amide bonds. The van der Waals surface area contributed by atoms with Gasteiger partial charge in [0.25, 0.3) is 0 Å². The third kappa shape index (κ3) is 3.44. The molecule has 0 heterocycles. The van der Waals surface area contributed by atoms with Crippen molar-refractivity contribution in [1.29, 1.82) is 0 Å². The van der Waals surface area contributed by atoms with Crippen molar-refractivity contribution in [3.63, 3.8) is 0 Å². The zero-order valence-corrected chi connectivity index (χ0v) is 26.5. The lowest BCUT2D eigenvalue weighted by atomic mass is 9.40. The molecule has 8 aliphatic rings. The van der Waals surface area contributed by atoms with Crippen molar-refractivity contribution in [2.75, 3.05) is 0 Å². The van der Waals surface area contributed by atoms with Crippen LogP contribution in [0.2, 0.25) is 0 Å². The highest BCUT2D eigenvalue weighted by atomic mass is 16.3. The molecule has 42 heavy (non-hydrogen) atoms. The van der Waals surface area contributed by atoms with E-state index < -0.39 is 6.10 Å². The summed E-state index contributed by atoms with van der Waals surface area (Å²) in [6.07, 6.45) is 18.0. The summed E-state index contributed by atoms with van der Waals surface area (Å²) in [4.78, 5) is 26.7. The van der Waals surface area contributed by atoms with Crippen LogP contribution in [-0.4, -0.2) is 34.0 Å². The van der Waals surface area contributed by atoms with Crippen LogP contribution >= 0.6 is 0 Å². The quantitative estimate of drug-likeness (QED) is 0.347. The van der Waals surface area contributed by atoms with Crippen LogP contribution < -0.4 is 0 Å². The van der Waals surface area contributed by atoms with Crippen LogP contribution in [0.4, 0.5) is 0 Å². The fourth-order valence-corrected chi connectivity index (χ4v) is 14.2. The van der Waals surface area contributed by atoms with E-state index in [2.05, 4.69) is 39.8 Å². The third-order valence-electron chi connectivity index (χ3n) is 16.6. The monoisotopic (exact) mass is 574 g/mol. The van der Waals surface area contributed by atoms with E-state index in [9.17, 15) is 19.8 Å². The van der Waals surface area contributed by atoms with Gasteiger partial charge in [-0.3, -0.25) is 9.59 Å². The van der Waals surface area contributed by atoms with Crippen molar-refractivity contribution in [3.8, 4) is 0 Å². The van der Waals surface area contributed by atoms with Crippen LogP contribution in [0.25, 0.3) is 0 Å². The molecule has 0 aliphatic heterocycles. The summed E-state index contributed by atoms with van der Waals surface area (Å²) < 4.78 is 0. The van der Waals surface area contributed by atoms with Crippen LogP contribution in [0, 0.1) is 69.0 Å². The standard InChI is InChI=1S/C38H54O4/c1-35-15-13-29-25(27(35)9-11-33(35)41)7-5-21-17-23(39)19-31(37(21,29)3)32-20-24(40)18-22-6-8-26-28-10-12-34(42)36(28,2)16-14-30(26)38(22,32)4/h19-23,25-30,33,39,41H,5-18H2,1-4H3/t21?,22?,23?,25-,26-,27-,28-,29+,30+,33?,35-,36-,37-,38-/m0/s1. The lowest BCUT2D eigenvalue weighted by Crippen LogP contribution is -2.58. The van der Waals surface area contributed by atoms with Gasteiger partial charge in [-0.05, 0) is 158 Å². The summed E-state index contributed by atoms with van der Waals surface area (Å²) in [5.74, 6) is 4.85. The summed E-state index contributed by atoms with van der Waals surface area (Å²) in [5, 5.41) is 22.4. The van der Waals surface area contributed by atoms with Crippen molar-refractivity contribution >= 4 is 11.6 Å². The Bertz CT molecular complexity index is 1260. The number of Topliss-reactive ketones (excluding diaryl/α,β-unsaturated/α-hetero) is 1. The van der Waals surface area contributed by atoms with Gasteiger partial charge in [0.05, 0.1) is 12.2 Å². The predicted octanol–water partition coefficient (Wildman–Crippen LogP) is 7.22. The normalized spacial score (nSPS) is 56.7. The molecule has 4 nitrogen and oxygen atoms in total. The van der Waals surface area contributed by atoms with Gasteiger partial charge in [0.1, 0.15) is 5.78 Å². The Morgan fingerprint density at radius 2 is 1.36 bits per heavy atom. The molecule has 6 saturated carbocycles. The van der Waals surface area contributed by atoms with Crippen LogP contribution in [-0.2, 0) is 9.59 Å². The second kappa shape index (κ2) is 9.15. The predicted molar refractivity (Wildman–Crippen MR) is 163 cm³/mol. The minimum absolute atomic E-state index is 0.0453. The Kier molecular flexibility index (Phi) is 6.15. The number of carbonyl (C=O) groups is 2. The van der Waals surface area contributed by atoms with Gasteiger partial charge >= 0.3 is 0 Å². The van der Waals surface area contributed by atoms with Crippen LogP contribution in [0.1, 0.15) is 118 Å².